The normalized spacial score (nSPS) is 13.0. The molecule has 3 nitrogen and oxygen atoms in total. The average Bonchev–Trinajstić information content (AvgIpc) is 2.01. The molecule has 0 unspecified atom stereocenters. The molecule has 4 N–H and O–H groups in total. The summed E-state index contributed by atoms with van der Waals surface area (Å²) in [5.74, 6) is 0. The van der Waals surface area contributed by atoms with Crippen molar-refractivity contribution in [3.8, 4) is 0 Å². The van der Waals surface area contributed by atoms with Crippen LogP contribution in [0.1, 0.15) is 39.1 Å². The molecule has 0 fully saturated rings. The Bertz CT molecular complexity index is 289. The van der Waals surface area contributed by atoms with E-state index in [1.807, 2.05) is 45.9 Å². The molecule has 1 aromatic heterocycles. The summed E-state index contributed by atoms with van der Waals surface area (Å²) < 4.78 is 0. The zero-order valence-electron chi connectivity index (χ0n) is 9.33. The van der Waals surface area contributed by atoms with Gasteiger partial charge in [0.25, 0.3) is 0 Å². The molecule has 0 atom stereocenters. The lowest BCUT2D eigenvalue weighted by molar-refractivity contribution is 0.500. The second-order valence-electron chi connectivity index (χ2n) is 4.85. The third-order valence-corrected chi connectivity index (χ3v) is 2.07. The highest BCUT2D eigenvalue weighted by Crippen LogP contribution is 2.19. The quantitative estimate of drug-likeness (QED) is 0.747. The Balaban J connectivity index is 3.15. The van der Waals surface area contributed by atoms with E-state index in [2.05, 4.69) is 4.98 Å². The van der Waals surface area contributed by atoms with Crippen molar-refractivity contribution in [2.24, 2.45) is 11.5 Å². The maximum atomic E-state index is 5.97. The summed E-state index contributed by atoms with van der Waals surface area (Å²) in [6.07, 6.45) is 0. The van der Waals surface area contributed by atoms with Crippen molar-refractivity contribution in [3.63, 3.8) is 0 Å². The van der Waals surface area contributed by atoms with Crippen molar-refractivity contribution in [2.45, 2.75) is 38.8 Å². The average molecular weight is 193 g/mol. The topological polar surface area (TPSA) is 64.9 Å². The van der Waals surface area contributed by atoms with Gasteiger partial charge in [-0.15, -0.1) is 0 Å². The van der Waals surface area contributed by atoms with Crippen LogP contribution in [0.15, 0.2) is 18.2 Å². The molecule has 1 heterocycles. The van der Waals surface area contributed by atoms with Crippen molar-refractivity contribution in [3.05, 3.63) is 29.6 Å². The molecule has 0 bridgehead atoms. The molecular formula is C11H19N3. The Hall–Kier alpha value is -0.930. The van der Waals surface area contributed by atoms with Crippen molar-refractivity contribution in [1.82, 2.24) is 4.98 Å². The van der Waals surface area contributed by atoms with Gasteiger partial charge in [0, 0.05) is 0 Å². The fourth-order valence-corrected chi connectivity index (χ4v) is 1.15. The molecule has 0 radical (unpaired) electrons. The molecule has 0 aromatic carbocycles. The van der Waals surface area contributed by atoms with Crippen molar-refractivity contribution in [1.29, 1.82) is 0 Å². The molecule has 0 amide bonds. The van der Waals surface area contributed by atoms with Crippen LogP contribution >= 0.6 is 0 Å². The van der Waals surface area contributed by atoms with Gasteiger partial charge in [0.05, 0.1) is 22.5 Å². The Morgan fingerprint density at radius 3 is 1.57 bits per heavy atom. The molecule has 0 spiro atoms. The van der Waals surface area contributed by atoms with Gasteiger partial charge >= 0.3 is 0 Å². The number of hydrogen-bond acceptors (Lipinski definition) is 3. The van der Waals surface area contributed by atoms with E-state index in [1.54, 1.807) is 0 Å². The first-order valence-electron chi connectivity index (χ1n) is 4.77. The van der Waals surface area contributed by atoms with E-state index in [1.165, 1.54) is 0 Å². The zero-order valence-corrected chi connectivity index (χ0v) is 9.33. The molecule has 1 rings (SSSR count). The first kappa shape index (κ1) is 11.1. The Kier molecular flexibility index (Phi) is 2.65. The van der Waals surface area contributed by atoms with Gasteiger partial charge in [0.1, 0.15) is 0 Å². The predicted octanol–water partition coefficient (Wildman–Crippen LogP) is 1.47. The van der Waals surface area contributed by atoms with Gasteiger partial charge < -0.3 is 11.5 Å². The molecule has 78 valence electrons. The first-order valence-corrected chi connectivity index (χ1v) is 4.77. The van der Waals surface area contributed by atoms with E-state index in [9.17, 15) is 0 Å². The molecular weight excluding hydrogens is 174 g/mol. The molecule has 0 aliphatic rings. The minimum absolute atomic E-state index is 0.415. The van der Waals surface area contributed by atoms with Crippen LogP contribution in [0.4, 0.5) is 0 Å². The van der Waals surface area contributed by atoms with Crippen molar-refractivity contribution >= 4 is 0 Å². The summed E-state index contributed by atoms with van der Waals surface area (Å²) in [6, 6.07) is 5.80. The molecule has 1 aromatic rings. The lowest BCUT2D eigenvalue weighted by Gasteiger charge is -2.23. The number of hydrogen-bond donors (Lipinski definition) is 2. The van der Waals surface area contributed by atoms with Crippen LogP contribution in [0.2, 0.25) is 0 Å². The van der Waals surface area contributed by atoms with Crippen molar-refractivity contribution < 1.29 is 0 Å². The second kappa shape index (κ2) is 3.33. The maximum absolute atomic E-state index is 5.97. The summed E-state index contributed by atoms with van der Waals surface area (Å²) in [4.78, 5) is 4.47. The molecule has 0 saturated heterocycles. The lowest BCUT2D eigenvalue weighted by Crippen LogP contribution is -2.34. The Morgan fingerprint density at radius 2 is 1.29 bits per heavy atom. The fourth-order valence-electron chi connectivity index (χ4n) is 1.15. The molecule has 0 aliphatic carbocycles. The SMILES string of the molecule is CC(C)(N)c1cccc(C(C)(C)N)n1. The molecule has 0 aliphatic heterocycles. The van der Waals surface area contributed by atoms with Gasteiger partial charge in [-0.05, 0) is 39.8 Å². The van der Waals surface area contributed by atoms with Crippen molar-refractivity contribution in [2.75, 3.05) is 0 Å². The van der Waals surface area contributed by atoms with Gasteiger partial charge in [-0.1, -0.05) is 6.07 Å². The largest absolute Gasteiger partial charge is 0.321 e. The first-order chi connectivity index (χ1) is 6.21. The summed E-state index contributed by atoms with van der Waals surface area (Å²) >= 11 is 0. The van der Waals surface area contributed by atoms with Gasteiger partial charge in [-0.2, -0.15) is 0 Å². The third-order valence-electron chi connectivity index (χ3n) is 2.07. The fraction of sp³-hybridized carbons (Fsp3) is 0.545. The van der Waals surface area contributed by atoms with Gasteiger partial charge in [-0.25, -0.2) is 0 Å². The van der Waals surface area contributed by atoms with Gasteiger partial charge in [0.15, 0.2) is 0 Å². The second-order valence-corrected chi connectivity index (χ2v) is 4.85. The van der Waals surface area contributed by atoms with Gasteiger partial charge in [-0.3, -0.25) is 4.98 Å². The zero-order chi connectivity index (χ0) is 11.0. The van der Waals surface area contributed by atoms with Gasteiger partial charge in [0.2, 0.25) is 0 Å². The van der Waals surface area contributed by atoms with Crippen LogP contribution in [-0.4, -0.2) is 4.98 Å². The van der Waals surface area contributed by atoms with Crippen LogP contribution in [-0.2, 0) is 11.1 Å². The monoisotopic (exact) mass is 193 g/mol. The smallest absolute Gasteiger partial charge is 0.0600 e. The molecule has 0 saturated carbocycles. The van der Waals surface area contributed by atoms with Crippen LogP contribution in [0.3, 0.4) is 0 Å². The standard InChI is InChI=1S/C11H19N3/c1-10(2,12)8-6-5-7-9(14-8)11(3,4)13/h5-7H,12-13H2,1-4H3. The highest BCUT2D eigenvalue weighted by molar-refractivity contribution is 5.20. The number of nitrogens with two attached hydrogens (primary N) is 2. The highest BCUT2D eigenvalue weighted by atomic mass is 14.9. The summed E-state index contributed by atoms with van der Waals surface area (Å²) in [5, 5.41) is 0. The minimum Gasteiger partial charge on any atom is -0.321 e. The highest BCUT2D eigenvalue weighted by Gasteiger charge is 2.20. The number of nitrogens with zero attached hydrogens (tertiary/aromatic N) is 1. The lowest BCUT2D eigenvalue weighted by atomic mass is 9.97. The number of pyridine rings is 1. The third kappa shape index (κ3) is 2.53. The Morgan fingerprint density at radius 1 is 0.929 bits per heavy atom. The van der Waals surface area contributed by atoms with E-state index in [-0.39, 0.29) is 0 Å². The van der Waals surface area contributed by atoms with Crippen LogP contribution < -0.4 is 11.5 Å². The minimum atomic E-state index is -0.415. The maximum Gasteiger partial charge on any atom is 0.0600 e. The molecule has 14 heavy (non-hydrogen) atoms. The van der Waals surface area contributed by atoms with Crippen LogP contribution in [0, 0.1) is 0 Å². The number of aromatic nitrogens is 1. The van der Waals surface area contributed by atoms with Crippen LogP contribution in [0.5, 0.6) is 0 Å². The van der Waals surface area contributed by atoms with E-state index in [0.29, 0.717) is 0 Å². The number of rotatable bonds is 2. The van der Waals surface area contributed by atoms with E-state index >= 15 is 0 Å². The van der Waals surface area contributed by atoms with E-state index in [0.717, 1.165) is 11.4 Å². The predicted molar refractivity (Wildman–Crippen MR) is 58.7 cm³/mol. The Labute approximate surface area is 85.5 Å². The summed E-state index contributed by atoms with van der Waals surface area (Å²) in [6.45, 7) is 7.73. The van der Waals surface area contributed by atoms with E-state index < -0.39 is 11.1 Å². The van der Waals surface area contributed by atoms with E-state index in [4.69, 9.17) is 11.5 Å². The molecule has 3 heteroatoms. The summed E-state index contributed by atoms with van der Waals surface area (Å²) in [5.41, 5.74) is 12.8. The van der Waals surface area contributed by atoms with Crippen LogP contribution in [0.25, 0.3) is 0 Å². The summed E-state index contributed by atoms with van der Waals surface area (Å²) in [7, 11) is 0.